The van der Waals surface area contributed by atoms with Crippen molar-refractivity contribution < 1.29 is 0 Å². The van der Waals surface area contributed by atoms with Gasteiger partial charge in [0.15, 0.2) is 0 Å². The van der Waals surface area contributed by atoms with Crippen LogP contribution in [-0.4, -0.2) is 18.1 Å². The van der Waals surface area contributed by atoms with Gasteiger partial charge in [-0.05, 0) is 63.6 Å². The average Bonchev–Trinajstić information content (AvgIpc) is 2.70. The summed E-state index contributed by atoms with van der Waals surface area (Å²) in [5, 5.41) is 0. The van der Waals surface area contributed by atoms with Gasteiger partial charge in [0, 0.05) is 23.8 Å². The lowest BCUT2D eigenvalue weighted by molar-refractivity contribution is 0.626. The van der Waals surface area contributed by atoms with Crippen LogP contribution in [0.15, 0.2) is 18.2 Å². The lowest BCUT2D eigenvalue weighted by Crippen LogP contribution is -2.34. The number of hydrogen-bond donors (Lipinski definition) is 1. The van der Waals surface area contributed by atoms with Crippen LogP contribution in [0, 0.1) is 6.92 Å². The number of hydrogen-bond acceptors (Lipinski definition) is 2. The van der Waals surface area contributed by atoms with Gasteiger partial charge in [-0.2, -0.15) is 0 Å². The molecule has 3 unspecified atom stereocenters. The first-order valence-corrected chi connectivity index (χ1v) is 7.66. The summed E-state index contributed by atoms with van der Waals surface area (Å²) in [6.45, 7) is 8.96. The Kier molecular flexibility index (Phi) is 4.51. The van der Waals surface area contributed by atoms with Gasteiger partial charge in [-0.1, -0.05) is 19.1 Å². The van der Waals surface area contributed by atoms with Crippen molar-refractivity contribution in [2.24, 2.45) is 5.73 Å². The predicted octanol–water partition coefficient (Wildman–Crippen LogP) is 3.65. The zero-order chi connectivity index (χ0) is 14.0. The van der Waals surface area contributed by atoms with E-state index in [9.17, 15) is 0 Å². The van der Waals surface area contributed by atoms with Crippen molar-refractivity contribution in [3.63, 3.8) is 0 Å². The molecule has 0 amide bonds. The summed E-state index contributed by atoms with van der Waals surface area (Å²) in [5.74, 6) is 0. The monoisotopic (exact) mass is 260 g/mol. The SMILES string of the molecule is CCC1CCC(C)N1c1ccc(CC(C)N)cc1C. The lowest BCUT2D eigenvalue weighted by Gasteiger charge is -2.32. The summed E-state index contributed by atoms with van der Waals surface area (Å²) in [5.41, 5.74) is 10.1. The normalized spacial score (nSPS) is 24.8. The minimum Gasteiger partial charge on any atom is -0.366 e. The van der Waals surface area contributed by atoms with E-state index in [1.165, 1.54) is 36.1 Å². The van der Waals surface area contributed by atoms with E-state index in [2.05, 4.69) is 50.8 Å². The number of nitrogens with two attached hydrogens (primary N) is 1. The first-order chi connectivity index (χ1) is 9.02. The summed E-state index contributed by atoms with van der Waals surface area (Å²) < 4.78 is 0. The van der Waals surface area contributed by atoms with Crippen molar-refractivity contribution in [3.8, 4) is 0 Å². The van der Waals surface area contributed by atoms with E-state index in [-0.39, 0.29) is 6.04 Å². The van der Waals surface area contributed by atoms with E-state index in [0.29, 0.717) is 12.1 Å². The van der Waals surface area contributed by atoms with Crippen LogP contribution in [0.5, 0.6) is 0 Å². The van der Waals surface area contributed by atoms with Gasteiger partial charge in [0.05, 0.1) is 0 Å². The zero-order valence-electron chi connectivity index (χ0n) is 12.8. The molecule has 1 aliphatic rings. The van der Waals surface area contributed by atoms with Gasteiger partial charge in [0.2, 0.25) is 0 Å². The highest BCUT2D eigenvalue weighted by molar-refractivity contribution is 5.56. The summed E-state index contributed by atoms with van der Waals surface area (Å²) in [4.78, 5) is 2.63. The molecular weight excluding hydrogens is 232 g/mol. The molecule has 2 N–H and O–H groups in total. The Morgan fingerprint density at radius 2 is 2.11 bits per heavy atom. The second-order valence-electron chi connectivity index (χ2n) is 6.20. The second-order valence-corrected chi connectivity index (χ2v) is 6.20. The second kappa shape index (κ2) is 5.96. The van der Waals surface area contributed by atoms with Gasteiger partial charge in [-0.3, -0.25) is 0 Å². The first-order valence-electron chi connectivity index (χ1n) is 7.66. The van der Waals surface area contributed by atoms with Crippen LogP contribution in [0.4, 0.5) is 5.69 Å². The maximum Gasteiger partial charge on any atom is 0.0401 e. The Bertz CT molecular complexity index is 425. The molecular formula is C17H28N2. The van der Waals surface area contributed by atoms with E-state index in [4.69, 9.17) is 5.73 Å². The Balaban J connectivity index is 2.25. The van der Waals surface area contributed by atoms with Gasteiger partial charge in [-0.15, -0.1) is 0 Å². The van der Waals surface area contributed by atoms with E-state index in [1.807, 2.05) is 0 Å². The molecule has 2 rings (SSSR count). The van der Waals surface area contributed by atoms with Gasteiger partial charge in [0.1, 0.15) is 0 Å². The highest BCUT2D eigenvalue weighted by Gasteiger charge is 2.30. The van der Waals surface area contributed by atoms with Crippen LogP contribution in [0.3, 0.4) is 0 Å². The summed E-state index contributed by atoms with van der Waals surface area (Å²) >= 11 is 0. The van der Waals surface area contributed by atoms with E-state index in [0.717, 1.165) is 6.42 Å². The molecule has 1 aromatic rings. The highest BCUT2D eigenvalue weighted by Crippen LogP contribution is 2.34. The molecule has 106 valence electrons. The third-order valence-electron chi connectivity index (χ3n) is 4.35. The fourth-order valence-corrected chi connectivity index (χ4v) is 3.41. The van der Waals surface area contributed by atoms with Crippen molar-refractivity contribution in [1.29, 1.82) is 0 Å². The summed E-state index contributed by atoms with van der Waals surface area (Å²) in [6.07, 6.45) is 4.86. The fraction of sp³-hybridized carbons (Fsp3) is 0.647. The molecule has 0 saturated carbocycles. The lowest BCUT2D eigenvalue weighted by atomic mass is 10.0. The van der Waals surface area contributed by atoms with Gasteiger partial charge < -0.3 is 10.6 Å². The topological polar surface area (TPSA) is 29.3 Å². The predicted molar refractivity (Wildman–Crippen MR) is 83.8 cm³/mol. The van der Waals surface area contributed by atoms with Crippen molar-refractivity contribution in [2.45, 2.75) is 71.5 Å². The molecule has 19 heavy (non-hydrogen) atoms. The van der Waals surface area contributed by atoms with Gasteiger partial charge in [0.25, 0.3) is 0 Å². The van der Waals surface area contributed by atoms with Crippen molar-refractivity contribution in [1.82, 2.24) is 0 Å². The minimum absolute atomic E-state index is 0.236. The number of anilines is 1. The Morgan fingerprint density at radius 1 is 1.37 bits per heavy atom. The third-order valence-corrected chi connectivity index (χ3v) is 4.35. The number of benzene rings is 1. The maximum absolute atomic E-state index is 5.89. The van der Waals surface area contributed by atoms with Gasteiger partial charge >= 0.3 is 0 Å². The molecule has 1 fully saturated rings. The number of rotatable bonds is 4. The van der Waals surface area contributed by atoms with E-state index in [1.54, 1.807) is 0 Å². The fourth-order valence-electron chi connectivity index (χ4n) is 3.41. The number of aryl methyl sites for hydroxylation is 1. The van der Waals surface area contributed by atoms with Crippen molar-refractivity contribution in [2.75, 3.05) is 4.90 Å². The van der Waals surface area contributed by atoms with Crippen molar-refractivity contribution >= 4 is 5.69 Å². The van der Waals surface area contributed by atoms with Crippen LogP contribution in [-0.2, 0) is 6.42 Å². The molecule has 3 atom stereocenters. The van der Waals surface area contributed by atoms with E-state index < -0.39 is 0 Å². The average molecular weight is 260 g/mol. The van der Waals surface area contributed by atoms with Crippen LogP contribution < -0.4 is 10.6 Å². The van der Waals surface area contributed by atoms with Gasteiger partial charge in [-0.25, -0.2) is 0 Å². The van der Waals surface area contributed by atoms with Crippen LogP contribution in [0.1, 0.15) is 51.2 Å². The zero-order valence-corrected chi connectivity index (χ0v) is 12.8. The molecule has 2 heteroatoms. The maximum atomic E-state index is 5.89. The van der Waals surface area contributed by atoms with Crippen LogP contribution in [0.2, 0.25) is 0 Å². The first kappa shape index (κ1) is 14.4. The Labute approximate surface area is 118 Å². The minimum atomic E-state index is 0.236. The highest BCUT2D eigenvalue weighted by atomic mass is 15.2. The van der Waals surface area contributed by atoms with Crippen LogP contribution >= 0.6 is 0 Å². The molecule has 1 saturated heterocycles. The Morgan fingerprint density at radius 3 is 2.68 bits per heavy atom. The molecule has 0 spiro atoms. The van der Waals surface area contributed by atoms with Crippen molar-refractivity contribution in [3.05, 3.63) is 29.3 Å². The molecule has 1 aliphatic heterocycles. The largest absolute Gasteiger partial charge is 0.366 e. The van der Waals surface area contributed by atoms with E-state index >= 15 is 0 Å². The van der Waals surface area contributed by atoms with Crippen LogP contribution in [0.25, 0.3) is 0 Å². The molecule has 2 nitrogen and oxygen atoms in total. The molecule has 0 radical (unpaired) electrons. The third kappa shape index (κ3) is 3.11. The molecule has 0 aliphatic carbocycles. The molecule has 0 bridgehead atoms. The quantitative estimate of drug-likeness (QED) is 0.895. The standard InChI is InChI=1S/C17H28N2/c1-5-16-8-6-14(4)19(16)17-9-7-15(10-12(17)2)11-13(3)18/h7,9-10,13-14,16H,5-6,8,11,18H2,1-4H3. The summed E-state index contributed by atoms with van der Waals surface area (Å²) in [6, 6.07) is 8.49. The Hall–Kier alpha value is -1.02. The smallest absolute Gasteiger partial charge is 0.0401 e. The number of nitrogens with zero attached hydrogens (tertiary/aromatic N) is 1. The summed E-state index contributed by atoms with van der Waals surface area (Å²) in [7, 11) is 0. The molecule has 0 aromatic heterocycles. The molecule has 1 heterocycles. The molecule has 1 aromatic carbocycles.